The highest BCUT2D eigenvalue weighted by Crippen LogP contribution is 2.16. The molecule has 1 aromatic rings. The van der Waals surface area contributed by atoms with E-state index in [1.807, 2.05) is 13.0 Å². The molecule has 17 heavy (non-hydrogen) atoms. The first kappa shape index (κ1) is 13.8. The highest BCUT2D eigenvalue weighted by atomic mass is 16.5. The van der Waals surface area contributed by atoms with E-state index in [0.29, 0.717) is 6.61 Å². The molecule has 0 atom stereocenters. The van der Waals surface area contributed by atoms with Gasteiger partial charge in [-0.25, -0.2) is 4.79 Å². The number of rotatable bonds is 6. The Kier molecular flexibility index (Phi) is 5.75. The van der Waals surface area contributed by atoms with Gasteiger partial charge in [-0.05, 0) is 37.0 Å². The minimum absolute atomic E-state index is 0.186. The molecule has 0 amide bonds. The van der Waals surface area contributed by atoms with E-state index in [4.69, 9.17) is 4.74 Å². The maximum Gasteiger partial charge on any atom is 0.338 e. The summed E-state index contributed by atoms with van der Waals surface area (Å²) in [6, 6.07) is 6.18. The van der Waals surface area contributed by atoms with Crippen LogP contribution in [-0.4, -0.2) is 12.6 Å². The van der Waals surface area contributed by atoms with Crippen molar-refractivity contribution in [2.45, 2.75) is 46.5 Å². The lowest BCUT2D eigenvalue weighted by Crippen LogP contribution is -2.09. The van der Waals surface area contributed by atoms with E-state index in [2.05, 4.69) is 26.0 Å². The minimum atomic E-state index is -0.186. The van der Waals surface area contributed by atoms with Crippen LogP contribution in [0.5, 0.6) is 0 Å². The van der Waals surface area contributed by atoms with Gasteiger partial charge in [-0.1, -0.05) is 38.8 Å². The lowest BCUT2D eigenvalue weighted by Gasteiger charge is -2.10. The summed E-state index contributed by atoms with van der Waals surface area (Å²) in [5.74, 6) is -0.186. The standard InChI is InChI=1S/C15H22O2/c1-4-7-12-9-10-13(8-5-2)14(11-12)15(16)17-6-3/h9-11H,4-8H2,1-3H3. The predicted octanol–water partition coefficient (Wildman–Crippen LogP) is 3.77. The van der Waals surface area contributed by atoms with Crippen LogP contribution < -0.4 is 0 Å². The van der Waals surface area contributed by atoms with E-state index in [1.165, 1.54) is 5.56 Å². The molecule has 0 unspecified atom stereocenters. The molecule has 2 nitrogen and oxygen atoms in total. The van der Waals surface area contributed by atoms with Crippen LogP contribution >= 0.6 is 0 Å². The molecular weight excluding hydrogens is 212 g/mol. The van der Waals surface area contributed by atoms with E-state index >= 15 is 0 Å². The van der Waals surface area contributed by atoms with E-state index < -0.39 is 0 Å². The molecule has 0 radical (unpaired) electrons. The van der Waals surface area contributed by atoms with Crippen molar-refractivity contribution in [3.05, 3.63) is 34.9 Å². The molecule has 2 heteroatoms. The van der Waals surface area contributed by atoms with Crippen LogP contribution in [0.4, 0.5) is 0 Å². The normalized spacial score (nSPS) is 10.3. The number of hydrogen-bond donors (Lipinski definition) is 0. The number of carbonyl (C=O) groups excluding carboxylic acids is 1. The van der Waals surface area contributed by atoms with Gasteiger partial charge in [0.2, 0.25) is 0 Å². The van der Waals surface area contributed by atoms with Gasteiger partial charge < -0.3 is 4.74 Å². The van der Waals surface area contributed by atoms with Crippen LogP contribution in [0, 0.1) is 0 Å². The minimum Gasteiger partial charge on any atom is -0.462 e. The van der Waals surface area contributed by atoms with Gasteiger partial charge in [-0.2, -0.15) is 0 Å². The van der Waals surface area contributed by atoms with Gasteiger partial charge >= 0.3 is 5.97 Å². The third-order valence-corrected chi connectivity index (χ3v) is 2.73. The van der Waals surface area contributed by atoms with E-state index in [0.717, 1.165) is 36.8 Å². The van der Waals surface area contributed by atoms with Crippen molar-refractivity contribution in [1.29, 1.82) is 0 Å². The molecule has 0 fully saturated rings. The summed E-state index contributed by atoms with van der Waals surface area (Å²) >= 11 is 0. The molecule has 0 aliphatic heterocycles. The fourth-order valence-corrected chi connectivity index (χ4v) is 1.95. The third-order valence-electron chi connectivity index (χ3n) is 2.73. The maximum absolute atomic E-state index is 11.9. The Morgan fingerprint density at radius 1 is 1.12 bits per heavy atom. The van der Waals surface area contributed by atoms with Crippen molar-refractivity contribution in [1.82, 2.24) is 0 Å². The summed E-state index contributed by atoms with van der Waals surface area (Å²) in [4.78, 5) is 11.9. The lowest BCUT2D eigenvalue weighted by molar-refractivity contribution is 0.0525. The number of ether oxygens (including phenoxy) is 1. The van der Waals surface area contributed by atoms with Crippen molar-refractivity contribution in [3.8, 4) is 0 Å². The van der Waals surface area contributed by atoms with Gasteiger partial charge in [0, 0.05) is 0 Å². The smallest absolute Gasteiger partial charge is 0.338 e. The van der Waals surface area contributed by atoms with Crippen molar-refractivity contribution < 1.29 is 9.53 Å². The van der Waals surface area contributed by atoms with Crippen LogP contribution in [-0.2, 0) is 17.6 Å². The molecular formula is C15H22O2. The molecule has 1 aromatic carbocycles. The fourth-order valence-electron chi connectivity index (χ4n) is 1.95. The fraction of sp³-hybridized carbons (Fsp3) is 0.533. The first-order chi connectivity index (χ1) is 8.22. The Balaban J connectivity index is 3.01. The number of aryl methyl sites for hydroxylation is 2. The molecule has 0 aliphatic rings. The molecule has 0 heterocycles. The largest absolute Gasteiger partial charge is 0.462 e. The van der Waals surface area contributed by atoms with Crippen molar-refractivity contribution in [2.75, 3.05) is 6.61 Å². The highest BCUT2D eigenvalue weighted by molar-refractivity contribution is 5.91. The van der Waals surface area contributed by atoms with Crippen molar-refractivity contribution in [3.63, 3.8) is 0 Å². The van der Waals surface area contributed by atoms with Gasteiger partial charge in [0.05, 0.1) is 12.2 Å². The molecule has 94 valence electrons. The van der Waals surface area contributed by atoms with Crippen LogP contribution in [0.15, 0.2) is 18.2 Å². The Morgan fingerprint density at radius 3 is 2.41 bits per heavy atom. The third kappa shape index (κ3) is 3.88. The molecule has 0 aliphatic carbocycles. The second kappa shape index (κ2) is 7.10. The number of carbonyl (C=O) groups is 1. The quantitative estimate of drug-likeness (QED) is 0.700. The summed E-state index contributed by atoms with van der Waals surface area (Å²) in [6.07, 6.45) is 4.08. The second-order valence-electron chi connectivity index (χ2n) is 4.21. The lowest BCUT2D eigenvalue weighted by atomic mass is 9.98. The first-order valence-corrected chi connectivity index (χ1v) is 6.51. The summed E-state index contributed by atoms with van der Waals surface area (Å²) in [6.45, 7) is 6.54. The van der Waals surface area contributed by atoms with Gasteiger partial charge in [-0.15, -0.1) is 0 Å². The highest BCUT2D eigenvalue weighted by Gasteiger charge is 2.12. The zero-order valence-corrected chi connectivity index (χ0v) is 11.1. The van der Waals surface area contributed by atoms with E-state index in [1.54, 1.807) is 0 Å². The van der Waals surface area contributed by atoms with Gasteiger partial charge in [-0.3, -0.25) is 0 Å². The first-order valence-electron chi connectivity index (χ1n) is 6.51. The number of hydrogen-bond acceptors (Lipinski definition) is 2. The van der Waals surface area contributed by atoms with E-state index in [9.17, 15) is 4.79 Å². The van der Waals surface area contributed by atoms with Gasteiger partial charge in [0.25, 0.3) is 0 Å². The summed E-state index contributed by atoms with van der Waals surface area (Å²) in [5, 5.41) is 0. The summed E-state index contributed by atoms with van der Waals surface area (Å²) in [7, 11) is 0. The molecule has 0 N–H and O–H groups in total. The van der Waals surface area contributed by atoms with Crippen LogP contribution in [0.2, 0.25) is 0 Å². The zero-order chi connectivity index (χ0) is 12.7. The average molecular weight is 234 g/mol. The molecule has 1 rings (SSSR count). The van der Waals surface area contributed by atoms with Crippen molar-refractivity contribution in [2.24, 2.45) is 0 Å². The van der Waals surface area contributed by atoms with Crippen LogP contribution in [0.1, 0.15) is 55.1 Å². The Bertz CT molecular complexity index is 369. The van der Waals surface area contributed by atoms with Gasteiger partial charge in [0.1, 0.15) is 0 Å². The van der Waals surface area contributed by atoms with Crippen molar-refractivity contribution >= 4 is 5.97 Å². The van der Waals surface area contributed by atoms with Crippen LogP contribution in [0.3, 0.4) is 0 Å². The number of esters is 1. The monoisotopic (exact) mass is 234 g/mol. The zero-order valence-electron chi connectivity index (χ0n) is 11.1. The Hall–Kier alpha value is -1.31. The second-order valence-corrected chi connectivity index (χ2v) is 4.21. The van der Waals surface area contributed by atoms with E-state index in [-0.39, 0.29) is 5.97 Å². The maximum atomic E-state index is 11.9. The number of benzene rings is 1. The molecule has 0 aromatic heterocycles. The summed E-state index contributed by atoms with van der Waals surface area (Å²) < 4.78 is 5.11. The van der Waals surface area contributed by atoms with Gasteiger partial charge in [0.15, 0.2) is 0 Å². The molecule has 0 bridgehead atoms. The predicted molar refractivity (Wildman–Crippen MR) is 70.4 cm³/mol. The average Bonchev–Trinajstić information content (AvgIpc) is 2.32. The molecule has 0 spiro atoms. The SMILES string of the molecule is CCCc1ccc(CCC)c(C(=O)OCC)c1. The Labute approximate surface area is 104 Å². The van der Waals surface area contributed by atoms with Crippen LogP contribution in [0.25, 0.3) is 0 Å². The Morgan fingerprint density at radius 2 is 1.82 bits per heavy atom. The topological polar surface area (TPSA) is 26.3 Å². The summed E-state index contributed by atoms with van der Waals surface area (Å²) in [5.41, 5.74) is 3.07. The molecule has 0 saturated heterocycles. The molecule has 0 saturated carbocycles.